The monoisotopic (exact) mass is 260 g/mol. The lowest BCUT2D eigenvalue weighted by Crippen LogP contribution is -2.02. The number of aromatic hydroxyl groups is 1. The molecule has 0 amide bonds. The quantitative estimate of drug-likeness (QED) is 0.655. The Kier molecular flexibility index (Phi) is 2.31. The second-order valence-electron chi connectivity index (χ2n) is 3.74. The third-order valence-electron chi connectivity index (χ3n) is 2.52. The van der Waals surface area contributed by atoms with Crippen molar-refractivity contribution in [2.75, 3.05) is 5.73 Å². The second-order valence-corrected chi connectivity index (χ2v) is 4.63. The fourth-order valence-corrected chi connectivity index (χ4v) is 2.25. The van der Waals surface area contributed by atoms with E-state index in [1.54, 1.807) is 17.5 Å². The van der Waals surface area contributed by atoms with Gasteiger partial charge >= 0.3 is 5.63 Å². The minimum absolute atomic E-state index is 0.0521. The lowest BCUT2D eigenvalue weighted by Gasteiger charge is -2.00. The molecule has 6 heteroatoms. The smallest absolute Gasteiger partial charge is 0.345 e. The van der Waals surface area contributed by atoms with Crippen molar-refractivity contribution in [1.29, 1.82) is 0 Å². The maximum atomic E-state index is 11.8. The van der Waals surface area contributed by atoms with Gasteiger partial charge in [0.2, 0.25) is 0 Å². The molecule has 18 heavy (non-hydrogen) atoms. The summed E-state index contributed by atoms with van der Waals surface area (Å²) in [5.74, 6) is 0.0521. The van der Waals surface area contributed by atoms with E-state index in [2.05, 4.69) is 4.98 Å². The van der Waals surface area contributed by atoms with Crippen molar-refractivity contribution < 1.29 is 9.52 Å². The molecule has 0 aliphatic rings. The molecule has 90 valence electrons. The number of thiazole rings is 1. The van der Waals surface area contributed by atoms with Crippen molar-refractivity contribution in [2.45, 2.75) is 0 Å². The zero-order chi connectivity index (χ0) is 12.7. The molecule has 1 aromatic carbocycles. The molecular weight excluding hydrogens is 252 g/mol. The summed E-state index contributed by atoms with van der Waals surface area (Å²) in [5.41, 5.74) is 6.24. The standard InChI is InChI=1S/C12H8N2O3S/c13-12-14-9(5-18-12)8-3-6-1-2-7(15)4-10(6)17-11(8)16/h1-5,15H,(H2,13,14). The summed E-state index contributed by atoms with van der Waals surface area (Å²) in [6.45, 7) is 0. The van der Waals surface area contributed by atoms with Crippen molar-refractivity contribution in [3.8, 4) is 17.0 Å². The third kappa shape index (κ3) is 1.72. The first-order chi connectivity index (χ1) is 8.63. The lowest BCUT2D eigenvalue weighted by molar-refractivity contribution is 0.473. The van der Waals surface area contributed by atoms with E-state index in [0.717, 1.165) is 0 Å². The van der Waals surface area contributed by atoms with Crippen molar-refractivity contribution in [2.24, 2.45) is 0 Å². The van der Waals surface area contributed by atoms with Crippen LogP contribution in [-0.4, -0.2) is 10.1 Å². The molecule has 2 aromatic heterocycles. The molecule has 0 aliphatic heterocycles. The predicted octanol–water partition coefficient (Wildman–Crippen LogP) is 2.20. The van der Waals surface area contributed by atoms with Gasteiger partial charge in [-0.25, -0.2) is 9.78 Å². The highest BCUT2D eigenvalue weighted by Gasteiger charge is 2.10. The number of hydrogen-bond acceptors (Lipinski definition) is 6. The fraction of sp³-hybridized carbons (Fsp3) is 0. The van der Waals surface area contributed by atoms with E-state index < -0.39 is 5.63 Å². The molecule has 0 saturated carbocycles. The number of phenolic OH excluding ortho intramolecular Hbond substituents is 1. The van der Waals surface area contributed by atoms with Crippen LogP contribution in [0.5, 0.6) is 5.75 Å². The number of benzene rings is 1. The molecule has 3 N–H and O–H groups in total. The Morgan fingerprint density at radius 3 is 2.89 bits per heavy atom. The average molecular weight is 260 g/mol. The van der Waals surface area contributed by atoms with Crippen LogP contribution in [-0.2, 0) is 0 Å². The SMILES string of the molecule is Nc1nc(-c2cc3ccc(O)cc3oc2=O)cs1. The number of phenols is 1. The van der Waals surface area contributed by atoms with Crippen LogP contribution >= 0.6 is 11.3 Å². The van der Waals surface area contributed by atoms with Crippen LogP contribution in [0.3, 0.4) is 0 Å². The lowest BCUT2D eigenvalue weighted by atomic mass is 10.1. The predicted molar refractivity (Wildman–Crippen MR) is 69.7 cm³/mol. The molecule has 3 aromatic rings. The Bertz CT molecular complexity index is 791. The van der Waals surface area contributed by atoms with Gasteiger partial charge in [0.25, 0.3) is 0 Å². The van der Waals surface area contributed by atoms with E-state index in [4.69, 9.17) is 10.2 Å². The molecule has 0 spiro atoms. The van der Waals surface area contributed by atoms with Gasteiger partial charge in [0.15, 0.2) is 5.13 Å². The fourth-order valence-electron chi connectivity index (χ4n) is 1.69. The summed E-state index contributed by atoms with van der Waals surface area (Å²) >= 11 is 1.26. The maximum Gasteiger partial charge on any atom is 0.345 e. The Hall–Kier alpha value is -2.34. The van der Waals surface area contributed by atoms with Crippen molar-refractivity contribution in [3.05, 3.63) is 40.1 Å². The number of rotatable bonds is 1. The summed E-state index contributed by atoms with van der Waals surface area (Å²) in [6, 6.07) is 6.28. The summed E-state index contributed by atoms with van der Waals surface area (Å²) in [5, 5.41) is 12.1. The molecule has 2 heterocycles. The van der Waals surface area contributed by atoms with E-state index in [9.17, 15) is 9.90 Å². The third-order valence-corrected chi connectivity index (χ3v) is 3.19. The van der Waals surface area contributed by atoms with Gasteiger partial charge in [0.1, 0.15) is 11.3 Å². The van der Waals surface area contributed by atoms with Crippen molar-refractivity contribution in [3.63, 3.8) is 0 Å². The summed E-state index contributed by atoms with van der Waals surface area (Å²) < 4.78 is 5.15. The Balaban J connectivity index is 2.28. The van der Waals surface area contributed by atoms with Gasteiger partial charge in [0.05, 0.1) is 11.3 Å². The molecule has 0 radical (unpaired) electrons. The number of fused-ring (bicyclic) bond motifs is 1. The minimum Gasteiger partial charge on any atom is -0.508 e. The Morgan fingerprint density at radius 1 is 1.33 bits per heavy atom. The highest BCUT2D eigenvalue weighted by molar-refractivity contribution is 7.13. The zero-order valence-corrected chi connectivity index (χ0v) is 9.90. The van der Waals surface area contributed by atoms with Crippen LogP contribution in [0.4, 0.5) is 5.13 Å². The maximum absolute atomic E-state index is 11.8. The number of nitrogen functional groups attached to an aromatic ring is 1. The van der Waals surface area contributed by atoms with E-state index in [1.807, 2.05) is 0 Å². The van der Waals surface area contributed by atoms with E-state index in [-0.39, 0.29) is 5.75 Å². The Labute approximate surface area is 105 Å². The minimum atomic E-state index is -0.501. The van der Waals surface area contributed by atoms with Crippen molar-refractivity contribution in [1.82, 2.24) is 4.98 Å². The van der Waals surface area contributed by atoms with E-state index in [1.165, 1.54) is 23.5 Å². The number of hydrogen-bond donors (Lipinski definition) is 2. The van der Waals surface area contributed by atoms with Gasteiger partial charge in [-0.3, -0.25) is 0 Å². The zero-order valence-electron chi connectivity index (χ0n) is 9.08. The van der Waals surface area contributed by atoms with Crippen LogP contribution in [0.1, 0.15) is 0 Å². The second kappa shape index (κ2) is 3.85. The van der Waals surface area contributed by atoms with Crippen LogP contribution in [0.15, 0.2) is 38.9 Å². The molecule has 0 fully saturated rings. The number of anilines is 1. The Morgan fingerprint density at radius 2 is 2.17 bits per heavy atom. The van der Waals surface area contributed by atoms with Gasteiger partial charge in [-0.2, -0.15) is 0 Å². The van der Waals surface area contributed by atoms with Crippen LogP contribution in [0, 0.1) is 0 Å². The normalized spacial score (nSPS) is 10.9. The molecular formula is C12H8N2O3S. The van der Waals surface area contributed by atoms with Gasteiger partial charge in [-0.15, -0.1) is 11.3 Å². The highest BCUT2D eigenvalue weighted by Crippen LogP contribution is 2.25. The molecule has 0 saturated heterocycles. The topological polar surface area (TPSA) is 89.3 Å². The highest BCUT2D eigenvalue weighted by atomic mass is 32.1. The summed E-state index contributed by atoms with van der Waals surface area (Å²) in [4.78, 5) is 15.9. The van der Waals surface area contributed by atoms with Crippen LogP contribution in [0.2, 0.25) is 0 Å². The largest absolute Gasteiger partial charge is 0.508 e. The summed E-state index contributed by atoms with van der Waals surface area (Å²) in [6.07, 6.45) is 0. The molecule has 0 unspecified atom stereocenters. The van der Waals surface area contributed by atoms with Crippen LogP contribution < -0.4 is 11.4 Å². The molecule has 3 rings (SSSR count). The average Bonchev–Trinajstić information content (AvgIpc) is 2.74. The van der Waals surface area contributed by atoms with Crippen molar-refractivity contribution >= 4 is 27.4 Å². The van der Waals surface area contributed by atoms with Crippen LogP contribution in [0.25, 0.3) is 22.2 Å². The van der Waals surface area contributed by atoms with Gasteiger partial charge in [-0.1, -0.05) is 0 Å². The van der Waals surface area contributed by atoms with E-state index >= 15 is 0 Å². The molecule has 0 bridgehead atoms. The number of aromatic nitrogens is 1. The molecule has 0 atom stereocenters. The number of nitrogens with two attached hydrogens (primary N) is 1. The van der Waals surface area contributed by atoms with Gasteiger partial charge < -0.3 is 15.3 Å². The first kappa shape index (κ1) is 10.8. The van der Waals surface area contributed by atoms with E-state index in [0.29, 0.717) is 27.4 Å². The van der Waals surface area contributed by atoms with Gasteiger partial charge in [-0.05, 0) is 18.2 Å². The first-order valence-corrected chi connectivity index (χ1v) is 6.00. The number of nitrogens with zero attached hydrogens (tertiary/aromatic N) is 1. The summed E-state index contributed by atoms with van der Waals surface area (Å²) in [7, 11) is 0. The first-order valence-electron chi connectivity index (χ1n) is 5.12. The van der Waals surface area contributed by atoms with Gasteiger partial charge in [0, 0.05) is 16.8 Å². The molecule has 5 nitrogen and oxygen atoms in total. The molecule has 0 aliphatic carbocycles.